The minimum absolute atomic E-state index is 0.0238. The van der Waals surface area contributed by atoms with Gasteiger partial charge < -0.3 is 15.8 Å². The molecule has 0 bridgehead atoms. The Kier molecular flexibility index (Phi) is 4.79. The highest BCUT2D eigenvalue weighted by atomic mass is 16.5. The van der Waals surface area contributed by atoms with E-state index >= 15 is 0 Å². The van der Waals surface area contributed by atoms with Crippen molar-refractivity contribution in [3.63, 3.8) is 0 Å². The molecule has 4 nitrogen and oxygen atoms in total. The molecule has 0 aromatic heterocycles. The molecule has 0 saturated heterocycles. The van der Waals surface area contributed by atoms with Crippen molar-refractivity contribution in [1.82, 2.24) is 5.32 Å². The molecule has 0 unspecified atom stereocenters. The highest BCUT2D eigenvalue weighted by molar-refractivity contribution is 5.77. The Labute approximate surface area is 95.8 Å². The van der Waals surface area contributed by atoms with Crippen molar-refractivity contribution in [3.8, 4) is 5.75 Å². The van der Waals surface area contributed by atoms with Crippen LogP contribution in [0.5, 0.6) is 5.75 Å². The maximum atomic E-state index is 11.0. The summed E-state index contributed by atoms with van der Waals surface area (Å²) < 4.78 is 5.43. The number of rotatable bonds is 5. The Morgan fingerprint density at radius 2 is 2.25 bits per heavy atom. The highest BCUT2D eigenvalue weighted by Crippen LogP contribution is 2.18. The minimum Gasteiger partial charge on any atom is -0.494 e. The van der Waals surface area contributed by atoms with Crippen LogP contribution >= 0.6 is 0 Å². The first kappa shape index (κ1) is 12.5. The van der Waals surface area contributed by atoms with Crippen molar-refractivity contribution in [2.45, 2.75) is 20.4 Å². The molecular formula is C12H18N2O2. The molecule has 0 saturated carbocycles. The molecule has 0 aliphatic rings. The van der Waals surface area contributed by atoms with E-state index in [-0.39, 0.29) is 12.5 Å². The highest BCUT2D eigenvalue weighted by Gasteiger charge is 2.02. The topological polar surface area (TPSA) is 64.3 Å². The number of carbonyl (C=O) groups excluding carboxylic acids is 1. The Hall–Kier alpha value is -1.55. The molecule has 88 valence electrons. The zero-order valence-corrected chi connectivity index (χ0v) is 9.75. The van der Waals surface area contributed by atoms with E-state index in [2.05, 4.69) is 5.32 Å². The fourth-order valence-corrected chi connectivity index (χ4v) is 1.41. The van der Waals surface area contributed by atoms with Gasteiger partial charge in [-0.1, -0.05) is 12.1 Å². The normalized spacial score (nSPS) is 9.94. The summed E-state index contributed by atoms with van der Waals surface area (Å²) in [6.07, 6.45) is 0. The molecular weight excluding hydrogens is 204 g/mol. The summed E-state index contributed by atoms with van der Waals surface area (Å²) in [5.74, 6) is 0.739. The minimum atomic E-state index is -0.147. The maximum Gasteiger partial charge on any atom is 0.234 e. The van der Waals surface area contributed by atoms with Gasteiger partial charge in [-0.25, -0.2) is 0 Å². The van der Waals surface area contributed by atoms with Crippen LogP contribution in [0.4, 0.5) is 0 Å². The summed E-state index contributed by atoms with van der Waals surface area (Å²) in [5, 5.41) is 2.72. The van der Waals surface area contributed by atoms with Crippen molar-refractivity contribution >= 4 is 5.91 Å². The Morgan fingerprint density at radius 1 is 1.50 bits per heavy atom. The predicted octanol–water partition coefficient (Wildman–Crippen LogP) is 0.969. The summed E-state index contributed by atoms with van der Waals surface area (Å²) >= 11 is 0. The smallest absolute Gasteiger partial charge is 0.234 e. The second kappa shape index (κ2) is 6.12. The Morgan fingerprint density at radius 3 is 2.81 bits per heavy atom. The van der Waals surface area contributed by atoms with E-state index in [9.17, 15) is 4.79 Å². The average Bonchev–Trinajstić information content (AvgIpc) is 2.29. The molecule has 0 aliphatic carbocycles. The van der Waals surface area contributed by atoms with E-state index in [1.54, 1.807) is 0 Å². The fourth-order valence-electron chi connectivity index (χ4n) is 1.41. The fraction of sp³-hybridized carbons (Fsp3) is 0.417. The van der Waals surface area contributed by atoms with Gasteiger partial charge in [-0.15, -0.1) is 0 Å². The standard InChI is InChI=1S/C12H18N2O2/c1-3-16-11-5-4-10(6-9(11)2)8-14-12(15)7-13/h4-6H,3,7-8,13H2,1-2H3,(H,14,15). The number of hydrogen-bond acceptors (Lipinski definition) is 3. The molecule has 0 fully saturated rings. The molecule has 1 amide bonds. The van der Waals surface area contributed by atoms with Gasteiger partial charge in [0.15, 0.2) is 0 Å². The maximum absolute atomic E-state index is 11.0. The van der Waals surface area contributed by atoms with Crippen molar-refractivity contribution in [2.75, 3.05) is 13.2 Å². The van der Waals surface area contributed by atoms with E-state index in [4.69, 9.17) is 10.5 Å². The second-order valence-electron chi connectivity index (χ2n) is 3.51. The van der Waals surface area contributed by atoms with Crippen LogP contribution in [0.1, 0.15) is 18.1 Å². The second-order valence-corrected chi connectivity index (χ2v) is 3.51. The average molecular weight is 222 g/mol. The largest absolute Gasteiger partial charge is 0.494 e. The number of nitrogens with two attached hydrogens (primary N) is 1. The van der Waals surface area contributed by atoms with E-state index in [0.717, 1.165) is 16.9 Å². The lowest BCUT2D eigenvalue weighted by atomic mass is 10.1. The van der Waals surface area contributed by atoms with Crippen LogP contribution in [-0.2, 0) is 11.3 Å². The summed E-state index contributed by atoms with van der Waals surface area (Å²) in [6, 6.07) is 5.86. The van der Waals surface area contributed by atoms with Crippen LogP contribution in [0.15, 0.2) is 18.2 Å². The van der Waals surface area contributed by atoms with E-state index in [0.29, 0.717) is 13.2 Å². The third-order valence-electron chi connectivity index (χ3n) is 2.21. The van der Waals surface area contributed by atoms with Crippen LogP contribution in [0, 0.1) is 6.92 Å². The van der Waals surface area contributed by atoms with Crippen molar-refractivity contribution in [1.29, 1.82) is 0 Å². The van der Waals surface area contributed by atoms with Crippen molar-refractivity contribution < 1.29 is 9.53 Å². The molecule has 0 atom stereocenters. The first-order valence-corrected chi connectivity index (χ1v) is 5.36. The molecule has 1 aromatic carbocycles. The third kappa shape index (κ3) is 3.55. The zero-order chi connectivity index (χ0) is 12.0. The lowest BCUT2D eigenvalue weighted by Gasteiger charge is -2.09. The van der Waals surface area contributed by atoms with E-state index in [1.165, 1.54) is 0 Å². The Bertz CT molecular complexity index is 364. The first-order chi connectivity index (χ1) is 7.67. The van der Waals surface area contributed by atoms with Crippen LogP contribution in [0.25, 0.3) is 0 Å². The number of aryl methyl sites for hydroxylation is 1. The van der Waals surface area contributed by atoms with Crippen LogP contribution in [0.3, 0.4) is 0 Å². The van der Waals surface area contributed by atoms with Crippen LogP contribution < -0.4 is 15.8 Å². The molecule has 1 aromatic rings. The van der Waals surface area contributed by atoms with Crippen LogP contribution in [0.2, 0.25) is 0 Å². The summed E-state index contributed by atoms with van der Waals surface area (Å²) in [4.78, 5) is 11.0. The molecule has 0 radical (unpaired) electrons. The number of nitrogens with one attached hydrogen (secondary N) is 1. The van der Waals surface area contributed by atoms with Crippen molar-refractivity contribution in [3.05, 3.63) is 29.3 Å². The van der Waals surface area contributed by atoms with Gasteiger partial charge in [0.25, 0.3) is 0 Å². The Balaban J connectivity index is 2.62. The monoisotopic (exact) mass is 222 g/mol. The zero-order valence-electron chi connectivity index (χ0n) is 9.75. The van der Waals surface area contributed by atoms with Gasteiger partial charge in [0.1, 0.15) is 5.75 Å². The SMILES string of the molecule is CCOc1ccc(CNC(=O)CN)cc1C. The lowest BCUT2D eigenvalue weighted by Crippen LogP contribution is -2.29. The first-order valence-electron chi connectivity index (χ1n) is 5.36. The van der Waals surface area contributed by atoms with Gasteiger partial charge in [-0.2, -0.15) is 0 Å². The number of carbonyl (C=O) groups is 1. The predicted molar refractivity (Wildman–Crippen MR) is 63.2 cm³/mol. The van der Waals surface area contributed by atoms with E-state index in [1.807, 2.05) is 32.0 Å². The summed E-state index contributed by atoms with van der Waals surface area (Å²) in [5.41, 5.74) is 7.31. The van der Waals surface area contributed by atoms with Gasteiger partial charge in [-0.3, -0.25) is 4.79 Å². The quantitative estimate of drug-likeness (QED) is 0.780. The molecule has 4 heteroatoms. The molecule has 16 heavy (non-hydrogen) atoms. The van der Waals surface area contributed by atoms with Gasteiger partial charge in [0.05, 0.1) is 13.2 Å². The molecule has 0 aliphatic heterocycles. The lowest BCUT2D eigenvalue weighted by molar-refractivity contribution is -0.119. The van der Waals surface area contributed by atoms with Gasteiger partial charge in [0.2, 0.25) is 5.91 Å². The number of ether oxygens (including phenoxy) is 1. The van der Waals surface area contributed by atoms with Crippen molar-refractivity contribution in [2.24, 2.45) is 5.73 Å². The van der Waals surface area contributed by atoms with E-state index < -0.39 is 0 Å². The number of amides is 1. The molecule has 0 heterocycles. The molecule has 1 rings (SSSR count). The van der Waals surface area contributed by atoms with Gasteiger partial charge >= 0.3 is 0 Å². The van der Waals surface area contributed by atoms with Gasteiger partial charge in [0, 0.05) is 6.54 Å². The number of hydrogen-bond donors (Lipinski definition) is 2. The summed E-state index contributed by atoms with van der Waals surface area (Å²) in [7, 11) is 0. The third-order valence-corrected chi connectivity index (χ3v) is 2.21. The van der Waals surface area contributed by atoms with Gasteiger partial charge in [-0.05, 0) is 31.0 Å². The summed E-state index contributed by atoms with van der Waals surface area (Å²) in [6.45, 7) is 5.12. The number of benzene rings is 1. The molecule has 0 spiro atoms. The molecule has 3 N–H and O–H groups in total. The van der Waals surface area contributed by atoms with Crippen LogP contribution in [-0.4, -0.2) is 19.1 Å².